The maximum atomic E-state index is 12.7. The fraction of sp³-hybridized carbons (Fsp3) is 0.966. The molecule has 188 valence electrons. The Morgan fingerprint density at radius 2 is 1.52 bits per heavy atom. The van der Waals surface area contributed by atoms with E-state index in [2.05, 4.69) is 34.6 Å². The average Bonchev–Trinajstić information content (AvgIpc) is 3.13. The van der Waals surface area contributed by atoms with Crippen molar-refractivity contribution >= 4 is 5.97 Å². The molecule has 5 saturated carbocycles. The van der Waals surface area contributed by atoms with E-state index in [1.807, 2.05) is 6.92 Å². The molecule has 0 spiro atoms. The number of aliphatic hydroxyl groups excluding tert-OH is 2. The maximum Gasteiger partial charge on any atom is 0.309 e. The third-order valence-corrected chi connectivity index (χ3v) is 13.5. The minimum Gasteiger partial charge on any atom is -0.481 e. The van der Waals surface area contributed by atoms with E-state index < -0.39 is 17.5 Å². The minimum atomic E-state index is -0.632. The van der Waals surface area contributed by atoms with Crippen LogP contribution in [0.3, 0.4) is 0 Å². The van der Waals surface area contributed by atoms with Crippen LogP contribution < -0.4 is 0 Å². The molecule has 0 aromatic carbocycles. The first kappa shape index (κ1) is 24.1. The van der Waals surface area contributed by atoms with Crippen LogP contribution in [0, 0.1) is 56.7 Å². The van der Waals surface area contributed by atoms with E-state index in [0.717, 1.165) is 44.9 Å². The Bertz CT molecular complexity index is 820. The summed E-state index contributed by atoms with van der Waals surface area (Å²) in [5, 5.41) is 32.0. The molecule has 11 atom stereocenters. The minimum absolute atomic E-state index is 0.0417. The van der Waals surface area contributed by atoms with E-state index in [1.165, 1.54) is 19.3 Å². The number of carboxylic acids is 1. The molecule has 0 amide bonds. The molecule has 0 saturated heterocycles. The Hall–Kier alpha value is -0.610. The quantitative estimate of drug-likeness (QED) is 0.480. The van der Waals surface area contributed by atoms with Gasteiger partial charge in [0.25, 0.3) is 0 Å². The molecule has 5 aliphatic carbocycles. The highest BCUT2D eigenvalue weighted by Gasteiger charge is 2.72. The molecule has 0 aromatic rings. The van der Waals surface area contributed by atoms with Gasteiger partial charge in [-0.05, 0) is 122 Å². The van der Waals surface area contributed by atoms with Crippen molar-refractivity contribution in [1.82, 2.24) is 0 Å². The Morgan fingerprint density at radius 3 is 2.15 bits per heavy atom. The summed E-state index contributed by atoms with van der Waals surface area (Å²) in [5.41, 5.74) is -0.126. The van der Waals surface area contributed by atoms with Crippen LogP contribution in [0.1, 0.15) is 106 Å². The Labute approximate surface area is 200 Å². The van der Waals surface area contributed by atoms with Gasteiger partial charge in [-0.15, -0.1) is 0 Å². The summed E-state index contributed by atoms with van der Waals surface area (Å²) in [6.07, 6.45) is 9.39. The van der Waals surface area contributed by atoms with Crippen LogP contribution in [0.5, 0.6) is 0 Å². The molecule has 4 nitrogen and oxygen atoms in total. The summed E-state index contributed by atoms with van der Waals surface area (Å²) in [4.78, 5) is 12.7. The number of fused-ring (bicyclic) bond motifs is 7. The molecule has 5 rings (SSSR count). The third-order valence-electron chi connectivity index (χ3n) is 13.5. The van der Waals surface area contributed by atoms with E-state index in [-0.39, 0.29) is 39.6 Å². The largest absolute Gasteiger partial charge is 0.481 e. The summed E-state index contributed by atoms with van der Waals surface area (Å²) in [6, 6.07) is 0. The number of carbonyl (C=O) groups is 1. The van der Waals surface area contributed by atoms with Crippen LogP contribution in [0.2, 0.25) is 0 Å². The van der Waals surface area contributed by atoms with Gasteiger partial charge in [0.2, 0.25) is 0 Å². The zero-order valence-corrected chi connectivity index (χ0v) is 21.9. The standard InChI is InChI=1S/C29H48O4/c1-17(30)18-9-14-29(24(32)33)16-15-27(5)19(23(18)29)7-8-21-26(4)12-11-22(31)25(2,3)20(26)10-13-28(21,27)6/h17-23,30-31H,7-16H2,1-6H3,(H,32,33)/t17?,18?,19?,20?,21?,22?,23?,26?,27?,28?,29-/m0/s1. The Kier molecular flexibility index (Phi) is 5.27. The van der Waals surface area contributed by atoms with Gasteiger partial charge in [0.1, 0.15) is 0 Å². The molecule has 0 aliphatic heterocycles. The van der Waals surface area contributed by atoms with Crippen molar-refractivity contribution in [1.29, 1.82) is 0 Å². The highest BCUT2D eigenvalue weighted by atomic mass is 16.4. The molecule has 10 unspecified atom stereocenters. The number of hydrogen-bond donors (Lipinski definition) is 3. The van der Waals surface area contributed by atoms with E-state index in [1.54, 1.807) is 0 Å². The van der Waals surface area contributed by atoms with E-state index in [4.69, 9.17) is 0 Å². The summed E-state index contributed by atoms with van der Waals surface area (Å²) in [7, 11) is 0. The van der Waals surface area contributed by atoms with Crippen molar-refractivity contribution in [2.24, 2.45) is 56.7 Å². The van der Waals surface area contributed by atoms with Crippen molar-refractivity contribution in [3.8, 4) is 0 Å². The van der Waals surface area contributed by atoms with Crippen molar-refractivity contribution < 1.29 is 20.1 Å². The fourth-order valence-electron chi connectivity index (χ4n) is 11.5. The van der Waals surface area contributed by atoms with Gasteiger partial charge < -0.3 is 15.3 Å². The van der Waals surface area contributed by atoms with Gasteiger partial charge in [-0.3, -0.25) is 4.79 Å². The second kappa shape index (κ2) is 7.21. The maximum absolute atomic E-state index is 12.7. The molecular weight excluding hydrogens is 412 g/mol. The Morgan fingerprint density at radius 1 is 0.818 bits per heavy atom. The summed E-state index contributed by atoms with van der Waals surface area (Å²) in [6.45, 7) is 14.1. The van der Waals surface area contributed by atoms with Crippen LogP contribution in [0.4, 0.5) is 0 Å². The second-order valence-corrected chi connectivity index (χ2v) is 14.5. The molecular formula is C29H48O4. The van der Waals surface area contributed by atoms with E-state index >= 15 is 0 Å². The van der Waals surface area contributed by atoms with E-state index in [0.29, 0.717) is 17.8 Å². The lowest BCUT2D eigenvalue weighted by Gasteiger charge is -2.72. The molecule has 33 heavy (non-hydrogen) atoms. The number of rotatable bonds is 2. The molecule has 3 N–H and O–H groups in total. The Balaban J connectivity index is 1.56. The third kappa shape index (κ3) is 2.80. The highest BCUT2D eigenvalue weighted by molar-refractivity contribution is 5.76. The smallest absolute Gasteiger partial charge is 0.309 e. The molecule has 5 fully saturated rings. The van der Waals surface area contributed by atoms with Crippen molar-refractivity contribution in [3.05, 3.63) is 0 Å². The van der Waals surface area contributed by atoms with Gasteiger partial charge in [-0.2, -0.15) is 0 Å². The molecule has 0 radical (unpaired) electrons. The van der Waals surface area contributed by atoms with E-state index in [9.17, 15) is 20.1 Å². The SMILES string of the molecule is CC(O)C1CC[C@]2(C(=O)O)CCC3(C)C(CCC4C5(C)CCC(O)C(C)(C)C5CCC43C)C12. The van der Waals surface area contributed by atoms with Crippen LogP contribution in [-0.2, 0) is 4.79 Å². The molecule has 4 heteroatoms. The van der Waals surface area contributed by atoms with Crippen molar-refractivity contribution in [3.63, 3.8) is 0 Å². The number of carboxylic acid groups (broad SMARTS) is 1. The molecule has 5 aliphatic rings. The first-order chi connectivity index (χ1) is 15.3. The highest BCUT2D eigenvalue weighted by Crippen LogP contribution is 2.77. The van der Waals surface area contributed by atoms with Gasteiger partial charge in [-0.1, -0.05) is 34.6 Å². The summed E-state index contributed by atoms with van der Waals surface area (Å²) < 4.78 is 0. The van der Waals surface area contributed by atoms with Crippen LogP contribution in [0.15, 0.2) is 0 Å². The summed E-state index contributed by atoms with van der Waals surface area (Å²) >= 11 is 0. The first-order valence-corrected chi connectivity index (χ1v) is 13.9. The number of aliphatic hydroxyl groups is 2. The predicted molar refractivity (Wildman–Crippen MR) is 129 cm³/mol. The molecule has 0 heterocycles. The zero-order chi connectivity index (χ0) is 24.2. The molecule has 0 bridgehead atoms. The lowest BCUT2D eigenvalue weighted by molar-refractivity contribution is -0.250. The zero-order valence-electron chi connectivity index (χ0n) is 21.9. The lowest BCUT2D eigenvalue weighted by atomic mass is 9.32. The number of aliphatic carboxylic acids is 1. The predicted octanol–water partition coefficient (Wildman–Crippen LogP) is 5.89. The monoisotopic (exact) mass is 460 g/mol. The first-order valence-electron chi connectivity index (χ1n) is 13.9. The van der Waals surface area contributed by atoms with Gasteiger partial charge in [0, 0.05) is 0 Å². The average molecular weight is 461 g/mol. The van der Waals surface area contributed by atoms with Crippen molar-refractivity contribution in [2.75, 3.05) is 0 Å². The second-order valence-electron chi connectivity index (χ2n) is 14.5. The van der Waals surface area contributed by atoms with Crippen LogP contribution in [-0.4, -0.2) is 33.5 Å². The van der Waals surface area contributed by atoms with Gasteiger partial charge in [0.05, 0.1) is 17.6 Å². The van der Waals surface area contributed by atoms with Crippen LogP contribution in [0.25, 0.3) is 0 Å². The van der Waals surface area contributed by atoms with Gasteiger partial charge >= 0.3 is 5.97 Å². The van der Waals surface area contributed by atoms with Gasteiger partial charge in [-0.25, -0.2) is 0 Å². The molecule has 0 aromatic heterocycles. The summed E-state index contributed by atoms with van der Waals surface area (Å²) in [5.74, 6) is 1.16. The topological polar surface area (TPSA) is 77.8 Å². The van der Waals surface area contributed by atoms with Crippen molar-refractivity contribution in [2.45, 2.75) is 118 Å². The lowest BCUT2D eigenvalue weighted by Crippen LogP contribution is -2.67. The van der Waals surface area contributed by atoms with Gasteiger partial charge in [0.15, 0.2) is 0 Å². The normalized spacial score (nSPS) is 56.1. The fourth-order valence-corrected chi connectivity index (χ4v) is 11.5. The van der Waals surface area contributed by atoms with Crippen LogP contribution >= 0.6 is 0 Å². The number of hydrogen-bond acceptors (Lipinski definition) is 3.